The summed E-state index contributed by atoms with van der Waals surface area (Å²) in [5.41, 5.74) is 14.1. The van der Waals surface area contributed by atoms with Crippen LogP contribution in [0.3, 0.4) is 0 Å². The average molecular weight is 640 g/mol. The van der Waals surface area contributed by atoms with Gasteiger partial charge < -0.3 is 4.90 Å². The van der Waals surface area contributed by atoms with Crippen LogP contribution in [0, 0.1) is 12.8 Å². The molecule has 4 aromatic rings. The van der Waals surface area contributed by atoms with Crippen molar-refractivity contribution < 1.29 is 0 Å². The molecule has 0 aliphatic heterocycles. The molecule has 2 aliphatic rings. The molecule has 0 heterocycles. The minimum atomic E-state index is 0.111. The molecule has 0 amide bonds. The van der Waals surface area contributed by atoms with Crippen molar-refractivity contribution in [3.63, 3.8) is 0 Å². The second-order valence-corrected chi connectivity index (χ2v) is 14.2. The highest BCUT2D eigenvalue weighted by Gasteiger charge is 2.35. The molecule has 1 nitrogen and oxygen atoms in total. The normalized spacial score (nSPS) is 19.4. The van der Waals surface area contributed by atoms with Crippen LogP contribution in [0.1, 0.15) is 73.4 Å². The van der Waals surface area contributed by atoms with Gasteiger partial charge in [-0.25, -0.2) is 0 Å². The molecular weight excluding hydrogens is 591 g/mol. The third kappa shape index (κ3) is 6.76. The third-order valence-electron chi connectivity index (χ3n) is 10.00. The van der Waals surface area contributed by atoms with Gasteiger partial charge in [-0.05, 0) is 88.4 Å². The van der Waals surface area contributed by atoms with Gasteiger partial charge in [0.15, 0.2) is 0 Å². The van der Waals surface area contributed by atoms with Crippen molar-refractivity contribution in [2.75, 3.05) is 4.90 Å². The van der Waals surface area contributed by atoms with E-state index in [-0.39, 0.29) is 23.3 Å². The van der Waals surface area contributed by atoms with Gasteiger partial charge in [-0.15, -0.1) is 6.58 Å². The molecule has 6 rings (SSSR count). The van der Waals surface area contributed by atoms with Crippen LogP contribution < -0.4 is 4.90 Å². The zero-order chi connectivity index (χ0) is 34.5. The van der Waals surface area contributed by atoms with Crippen LogP contribution in [0.5, 0.6) is 0 Å². The molecule has 246 valence electrons. The largest absolute Gasteiger partial charge is 0.334 e. The molecule has 2 aliphatic carbocycles. The number of benzene rings is 4. The van der Waals surface area contributed by atoms with Crippen LogP contribution >= 0.6 is 0 Å². The summed E-state index contributed by atoms with van der Waals surface area (Å²) in [7, 11) is 0. The Morgan fingerprint density at radius 2 is 1.53 bits per heavy atom. The number of para-hydroxylation sites is 1. The van der Waals surface area contributed by atoms with Crippen molar-refractivity contribution in [3.05, 3.63) is 209 Å². The maximum absolute atomic E-state index is 4.42. The summed E-state index contributed by atoms with van der Waals surface area (Å²) < 4.78 is 0. The highest BCUT2D eigenvalue weighted by molar-refractivity contribution is 5.90. The van der Waals surface area contributed by atoms with Gasteiger partial charge in [-0.1, -0.05) is 161 Å². The van der Waals surface area contributed by atoms with E-state index in [0.29, 0.717) is 0 Å². The summed E-state index contributed by atoms with van der Waals surface area (Å²) in [5, 5.41) is 0. The molecule has 4 aromatic carbocycles. The smallest absolute Gasteiger partial charge is 0.0560 e. The molecule has 0 saturated carbocycles. The number of hydrogen-bond donors (Lipinski definition) is 0. The van der Waals surface area contributed by atoms with Gasteiger partial charge in [0, 0.05) is 28.8 Å². The van der Waals surface area contributed by atoms with Crippen molar-refractivity contribution in [1.29, 1.82) is 0 Å². The average Bonchev–Trinajstić information content (AvgIpc) is 3.12. The number of rotatable bonds is 9. The first-order valence-corrected chi connectivity index (χ1v) is 17.6. The lowest BCUT2D eigenvalue weighted by Crippen LogP contribution is -2.33. The monoisotopic (exact) mass is 639 g/mol. The van der Waals surface area contributed by atoms with Crippen molar-refractivity contribution in [1.82, 2.24) is 0 Å². The van der Waals surface area contributed by atoms with Crippen LogP contribution in [0.25, 0.3) is 11.3 Å². The Labute approximate surface area is 294 Å². The molecule has 1 heteroatoms. The number of hydrogen-bond acceptors (Lipinski definition) is 1. The fraction of sp³-hybridized carbons (Fsp3) is 0.208. The number of allylic oxidation sites excluding steroid dienone is 9. The summed E-state index contributed by atoms with van der Waals surface area (Å²) in [6, 6.07) is 37.8. The Hall–Kier alpha value is -5.14. The van der Waals surface area contributed by atoms with Crippen molar-refractivity contribution in [2.45, 2.75) is 58.4 Å². The molecule has 3 atom stereocenters. The molecule has 49 heavy (non-hydrogen) atoms. The second-order valence-electron chi connectivity index (χ2n) is 14.2. The van der Waals surface area contributed by atoms with Gasteiger partial charge in [0.05, 0.1) is 6.04 Å². The SMILES string of the molecule is C=C/C=C(\c1ccccc1C)N(c1ccccc1)C1C=CC(C2=C(/C=C\C)C(C=C)C(c3ccc(C(C)(C)C)cc3)c3ccccc32)=CC1. The number of nitrogens with zero attached hydrogens (tertiary/aromatic N) is 1. The quantitative estimate of drug-likeness (QED) is 0.130. The number of aryl methyl sites for hydroxylation is 1. The maximum Gasteiger partial charge on any atom is 0.0560 e. The highest BCUT2D eigenvalue weighted by Crippen LogP contribution is 2.50. The Balaban J connectivity index is 1.43. The minimum Gasteiger partial charge on any atom is -0.334 e. The van der Waals surface area contributed by atoms with E-state index in [9.17, 15) is 0 Å². The van der Waals surface area contributed by atoms with Crippen molar-refractivity contribution >= 4 is 17.0 Å². The van der Waals surface area contributed by atoms with E-state index in [0.717, 1.165) is 17.8 Å². The van der Waals surface area contributed by atoms with Crippen LogP contribution in [-0.2, 0) is 5.41 Å². The lowest BCUT2D eigenvalue weighted by Gasteiger charge is -2.38. The van der Waals surface area contributed by atoms with Gasteiger partial charge in [0.25, 0.3) is 0 Å². The molecule has 0 saturated heterocycles. The maximum atomic E-state index is 4.42. The van der Waals surface area contributed by atoms with Crippen molar-refractivity contribution in [2.24, 2.45) is 5.92 Å². The molecule has 0 spiro atoms. The first kappa shape index (κ1) is 33.7. The minimum absolute atomic E-state index is 0.111. The molecule has 0 bridgehead atoms. The summed E-state index contributed by atoms with van der Waals surface area (Å²) in [6.45, 7) is 19.6. The van der Waals surface area contributed by atoms with E-state index in [1.165, 1.54) is 50.1 Å². The number of fused-ring (bicyclic) bond motifs is 1. The first-order valence-electron chi connectivity index (χ1n) is 17.6. The van der Waals surface area contributed by atoms with E-state index in [1.54, 1.807) is 0 Å². The second kappa shape index (κ2) is 14.5. The lowest BCUT2D eigenvalue weighted by atomic mass is 9.67. The van der Waals surface area contributed by atoms with Gasteiger partial charge >= 0.3 is 0 Å². The molecule has 0 N–H and O–H groups in total. The fourth-order valence-corrected chi connectivity index (χ4v) is 7.58. The zero-order valence-electron chi connectivity index (χ0n) is 29.7. The first-order chi connectivity index (χ1) is 23.8. The van der Waals surface area contributed by atoms with E-state index in [1.807, 2.05) is 6.08 Å². The van der Waals surface area contributed by atoms with Crippen LogP contribution in [0.15, 0.2) is 176 Å². The van der Waals surface area contributed by atoms with E-state index in [2.05, 4.69) is 198 Å². The van der Waals surface area contributed by atoms with Gasteiger partial charge in [0.1, 0.15) is 0 Å². The molecule has 3 unspecified atom stereocenters. The molecular formula is C48H49N. The predicted molar refractivity (Wildman–Crippen MR) is 213 cm³/mol. The predicted octanol–water partition coefficient (Wildman–Crippen LogP) is 12.6. The topological polar surface area (TPSA) is 3.24 Å². The summed E-state index contributed by atoms with van der Waals surface area (Å²) in [4.78, 5) is 2.47. The van der Waals surface area contributed by atoms with Gasteiger partial charge in [0.2, 0.25) is 0 Å². The number of anilines is 1. The van der Waals surface area contributed by atoms with Crippen LogP contribution in [0.2, 0.25) is 0 Å². The Morgan fingerprint density at radius 1 is 0.837 bits per heavy atom. The third-order valence-corrected chi connectivity index (χ3v) is 10.00. The fourth-order valence-electron chi connectivity index (χ4n) is 7.58. The van der Waals surface area contributed by atoms with E-state index in [4.69, 9.17) is 0 Å². The van der Waals surface area contributed by atoms with Crippen LogP contribution in [-0.4, -0.2) is 6.04 Å². The summed E-state index contributed by atoms with van der Waals surface area (Å²) >= 11 is 0. The van der Waals surface area contributed by atoms with Gasteiger partial charge in [-0.3, -0.25) is 0 Å². The Bertz CT molecular complexity index is 1970. The standard InChI is InChI=1S/C48H49N/c1-8-18-42-40(10-3)46(35-26-30-37(31-27-35)48(5,6)7)43-24-16-17-25-44(43)47(42)36-28-32-39(33-29-36)49(38-21-12-11-13-22-38)45(19-9-2)41-23-15-14-20-34(41)4/h8-32,39-40,46H,2-3,33H2,1,4-7H3/b18-8-,45-19+. The molecule has 0 radical (unpaired) electrons. The van der Waals surface area contributed by atoms with E-state index < -0.39 is 0 Å². The molecule has 0 aromatic heterocycles. The van der Waals surface area contributed by atoms with Gasteiger partial charge in [-0.2, -0.15) is 0 Å². The summed E-state index contributed by atoms with van der Waals surface area (Å²) in [6.07, 6.45) is 18.8. The molecule has 0 fully saturated rings. The zero-order valence-corrected chi connectivity index (χ0v) is 29.7. The lowest BCUT2D eigenvalue weighted by molar-refractivity contribution is 0.588. The Morgan fingerprint density at radius 3 is 2.16 bits per heavy atom. The summed E-state index contributed by atoms with van der Waals surface area (Å²) in [5.74, 6) is 0.325. The Kier molecular flexibility index (Phi) is 10.0. The van der Waals surface area contributed by atoms with E-state index >= 15 is 0 Å². The van der Waals surface area contributed by atoms with Crippen molar-refractivity contribution in [3.8, 4) is 0 Å². The highest BCUT2D eigenvalue weighted by atomic mass is 15.2. The van der Waals surface area contributed by atoms with Crippen LogP contribution in [0.4, 0.5) is 5.69 Å².